The van der Waals surface area contributed by atoms with Crippen LogP contribution in [-0.4, -0.2) is 63.9 Å². The third-order valence-electron chi connectivity index (χ3n) is 9.91. The highest BCUT2D eigenvalue weighted by molar-refractivity contribution is 6.06. The van der Waals surface area contributed by atoms with Gasteiger partial charge in [0.15, 0.2) is 0 Å². The van der Waals surface area contributed by atoms with Crippen LogP contribution in [0.5, 0.6) is 0 Å². The minimum Gasteiger partial charge on any atom is -0.325 e. The van der Waals surface area contributed by atoms with Crippen LogP contribution in [0.3, 0.4) is 0 Å². The molecule has 0 bridgehead atoms. The highest BCUT2D eigenvalue weighted by Crippen LogP contribution is 2.48. The minimum absolute atomic E-state index is 0.0572. The third-order valence-corrected chi connectivity index (χ3v) is 9.91. The molecule has 4 aliphatic rings. The van der Waals surface area contributed by atoms with E-state index in [1.165, 1.54) is 0 Å². The number of aromatic nitrogens is 1. The summed E-state index contributed by atoms with van der Waals surface area (Å²) in [5.74, 6) is -2.63. The molecule has 1 aromatic heterocycles. The summed E-state index contributed by atoms with van der Waals surface area (Å²) >= 11 is 0. The van der Waals surface area contributed by atoms with E-state index in [1.807, 2.05) is 12.1 Å². The maximum Gasteiger partial charge on any atom is 0.401 e. The molecule has 46 heavy (non-hydrogen) atoms. The molecule has 2 spiro atoms. The first-order valence-electron chi connectivity index (χ1n) is 15.1. The maximum atomic E-state index is 14.2. The molecule has 3 aliphatic heterocycles. The number of anilines is 2. The van der Waals surface area contributed by atoms with Crippen LogP contribution in [0.15, 0.2) is 54.7 Å². The van der Waals surface area contributed by atoms with E-state index < -0.39 is 59.7 Å². The summed E-state index contributed by atoms with van der Waals surface area (Å²) in [7, 11) is 0. The molecule has 13 heteroatoms. The Morgan fingerprint density at radius 2 is 1.78 bits per heavy atom. The SMILES string of the molecule is O=C(CN1C(=O)[C@@]2(CCCN2CC(F)(F)F)CC[C@H]1c1cc(F)cc(F)c1)Nc1ccc2c(c1)C[C@@]1(C2)C(=O)Nc2ncccc21. The van der Waals surface area contributed by atoms with Crippen molar-refractivity contribution in [2.24, 2.45) is 0 Å². The highest BCUT2D eigenvalue weighted by atomic mass is 19.4. The van der Waals surface area contributed by atoms with Gasteiger partial charge in [0.2, 0.25) is 17.7 Å². The summed E-state index contributed by atoms with van der Waals surface area (Å²) in [6.07, 6.45) is -1.33. The molecule has 2 saturated heterocycles. The fourth-order valence-electron chi connectivity index (χ4n) is 7.95. The molecule has 3 aromatic rings. The van der Waals surface area contributed by atoms with Gasteiger partial charge >= 0.3 is 6.18 Å². The van der Waals surface area contributed by atoms with Gasteiger partial charge in [0.05, 0.1) is 18.0 Å². The van der Waals surface area contributed by atoms with E-state index in [0.29, 0.717) is 36.8 Å². The molecular formula is C33H30F5N5O3. The van der Waals surface area contributed by atoms with E-state index in [9.17, 15) is 36.3 Å². The summed E-state index contributed by atoms with van der Waals surface area (Å²) in [6.45, 7) is -1.74. The summed E-state index contributed by atoms with van der Waals surface area (Å²) in [5, 5.41) is 5.64. The zero-order chi connectivity index (χ0) is 32.4. The molecule has 1 aliphatic carbocycles. The van der Waals surface area contributed by atoms with E-state index in [0.717, 1.165) is 38.6 Å². The van der Waals surface area contributed by atoms with E-state index >= 15 is 0 Å². The number of pyridine rings is 1. The Morgan fingerprint density at radius 3 is 2.54 bits per heavy atom. The molecule has 0 unspecified atom stereocenters. The smallest absolute Gasteiger partial charge is 0.325 e. The summed E-state index contributed by atoms with van der Waals surface area (Å²) in [5.41, 5.74) is 0.883. The fraction of sp³-hybridized carbons (Fsp3) is 0.394. The number of rotatable bonds is 5. The van der Waals surface area contributed by atoms with Crippen LogP contribution in [0.1, 0.15) is 54.0 Å². The Kier molecular flexibility index (Phi) is 7.14. The molecular weight excluding hydrogens is 609 g/mol. The normalized spacial score (nSPS) is 25.7. The van der Waals surface area contributed by atoms with Crippen LogP contribution in [0.4, 0.5) is 33.5 Å². The molecule has 2 fully saturated rings. The van der Waals surface area contributed by atoms with Crippen molar-refractivity contribution in [3.63, 3.8) is 0 Å². The molecule has 7 rings (SSSR count). The van der Waals surface area contributed by atoms with Gasteiger partial charge in [0.1, 0.15) is 29.5 Å². The first kappa shape index (κ1) is 30.3. The number of alkyl halides is 3. The number of fused-ring (bicyclic) bond motifs is 3. The van der Waals surface area contributed by atoms with Gasteiger partial charge < -0.3 is 15.5 Å². The third kappa shape index (κ3) is 5.10. The van der Waals surface area contributed by atoms with Crippen LogP contribution in [0, 0.1) is 11.6 Å². The van der Waals surface area contributed by atoms with Crippen molar-refractivity contribution in [2.45, 2.75) is 61.7 Å². The highest BCUT2D eigenvalue weighted by Gasteiger charge is 2.56. The molecule has 0 saturated carbocycles. The Labute approximate surface area is 261 Å². The number of halogens is 5. The predicted octanol–water partition coefficient (Wildman–Crippen LogP) is 5.05. The molecule has 8 nitrogen and oxygen atoms in total. The van der Waals surface area contributed by atoms with Crippen molar-refractivity contribution >= 4 is 29.2 Å². The monoisotopic (exact) mass is 639 g/mol. The topological polar surface area (TPSA) is 94.6 Å². The van der Waals surface area contributed by atoms with Gasteiger partial charge in [0, 0.05) is 23.5 Å². The van der Waals surface area contributed by atoms with E-state index in [2.05, 4.69) is 15.6 Å². The largest absolute Gasteiger partial charge is 0.401 e. The second-order valence-corrected chi connectivity index (χ2v) is 12.7. The number of benzene rings is 2. The van der Waals surface area contributed by atoms with Gasteiger partial charge in [-0.1, -0.05) is 12.1 Å². The average Bonchev–Trinajstić information content (AvgIpc) is 3.64. The van der Waals surface area contributed by atoms with Gasteiger partial charge in [-0.15, -0.1) is 0 Å². The van der Waals surface area contributed by atoms with Gasteiger partial charge in [0.25, 0.3) is 0 Å². The van der Waals surface area contributed by atoms with Crippen LogP contribution in [0.25, 0.3) is 0 Å². The maximum absolute atomic E-state index is 14.2. The first-order valence-corrected chi connectivity index (χ1v) is 15.1. The number of nitrogens with one attached hydrogen (secondary N) is 2. The zero-order valence-electron chi connectivity index (χ0n) is 24.6. The number of carbonyl (C=O) groups is 3. The van der Waals surface area contributed by atoms with Crippen LogP contribution >= 0.6 is 0 Å². The van der Waals surface area contributed by atoms with Crippen LogP contribution < -0.4 is 10.6 Å². The summed E-state index contributed by atoms with van der Waals surface area (Å²) in [6, 6.07) is 10.9. The Hall–Kier alpha value is -4.39. The number of amides is 3. The van der Waals surface area contributed by atoms with Gasteiger partial charge in [-0.25, -0.2) is 13.8 Å². The van der Waals surface area contributed by atoms with Crippen molar-refractivity contribution in [1.29, 1.82) is 0 Å². The second kappa shape index (κ2) is 10.9. The number of carbonyl (C=O) groups excluding carboxylic acids is 3. The molecule has 0 radical (unpaired) electrons. The Bertz CT molecular complexity index is 1750. The molecule has 4 heterocycles. The van der Waals surface area contributed by atoms with Crippen molar-refractivity contribution in [1.82, 2.24) is 14.8 Å². The molecule has 3 atom stereocenters. The lowest BCUT2D eigenvalue weighted by Gasteiger charge is -2.48. The number of likely N-dealkylation sites (tertiary alicyclic amines) is 2. The lowest BCUT2D eigenvalue weighted by Crippen LogP contribution is -2.62. The minimum atomic E-state index is -4.54. The molecule has 3 amide bonds. The molecule has 2 N–H and O–H groups in total. The quantitative estimate of drug-likeness (QED) is 0.382. The fourth-order valence-corrected chi connectivity index (χ4v) is 7.95. The number of piperidine rings is 1. The van der Waals surface area contributed by atoms with Crippen LogP contribution in [0.2, 0.25) is 0 Å². The van der Waals surface area contributed by atoms with Crippen LogP contribution in [-0.2, 0) is 32.6 Å². The van der Waals surface area contributed by atoms with Crippen molar-refractivity contribution in [3.8, 4) is 0 Å². The van der Waals surface area contributed by atoms with Crippen molar-refractivity contribution in [2.75, 3.05) is 30.3 Å². The van der Waals surface area contributed by atoms with Crippen molar-refractivity contribution < 1.29 is 36.3 Å². The zero-order valence-corrected chi connectivity index (χ0v) is 24.6. The number of hydrogen-bond donors (Lipinski definition) is 2. The predicted molar refractivity (Wildman–Crippen MR) is 157 cm³/mol. The number of hydrogen-bond acceptors (Lipinski definition) is 5. The average molecular weight is 640 g/mol. The molecule has 2 aromatic carbocycles. The number of nitrogens with zero attached hydrogens (tertiary/aromatic N) is 3. The van der Waals surface area contributed by atoms with E-state index in [4.69, 9.17) is 0 Å². The van der Waals surface area contributed by atoms with Gasteiger partial charge in [-0.05, 0) is 92.1 Å². The summed E-state index contributed by atoms with van der Waals surface area (Å²) in [4.78, 5) is 47.3. The molecule has 240 valence electrons. The van der Waals surface area contributed by atoms with E-state index in [-0.39, 0.29) is 37.3 Å². The lowest BCUT2D eigenvalue weighted by atomic mass is 9.79. The van der Waals surface area contributed by atoms with E-state index in [1.54, 1.807) is 24.4 Å². The first-order chi connectivity index (χ1) is 21.9. The van der Waals surface area contributed by atoms with Gasteiger partial charge in [-0.3, -0.25) is 19.3 Å². The Morgan fingerprint density at radius 1 is 1.02 bits per heavy atom. The Balaban J connectivity index is 1.14. The second-order valence-electron chi connectivity index (χ2n) is 12.7. The van der Waals surface area contributed by atoms with Gasteiger partial charge in [-0.2, -0.15) is 13.2 Å². The lowest BCUT2D eigenvalue weighted by molar-refractivity contribution is -0.172. The standard InChI is InChI=1S/C33H30F5N5O3/c34-22-11-20(12-23(35)14-22)26-6-8-32(7-2-10-42(32)18-33(36,37)38)30(46)43(26)17-27(44)40-24-5-4-19-15-31(16-21(19)13-24)25-3-1-9-39-28(25)41-29(31)45/h1,3-5,9,11-14,26H,2,6-8,10,15-18H2,(H,40,44)(H,39,41,45)/t26-,31+,32+/m0/s1. The van der Waals surface area contributed by atoms with Crippen molar-refractivity contribution in [3.05, 3.63) is 88.6 Å². The summed E-state index contributed by atoms with van der Waals surface area (Å²) < 4.78 is 69.0.